The van der Waals surface area contributed by atoms with E-state index in [-0.39, 0.29) is 17.4 Å². The molecule has 0 radical (unpaired) electrons. The van der Waals surface area contributed by atoms with E-state index in [0.29, 0.717) is 17.6 Å². The number of amides is 1. The summed E-state index contributed by atoms with van der Waals surface area (Å²) in [5, 5.41) is 0. The third-order valence-corrected chi connectivity index (χ3v) is 4.93. The lowest BCUT2D eigenvalue weighted by atomic mass is 9.92. The lowest BCUT2D eigenvalue weighted by molar-refractivity contribution is -0.136. The molecule has 1 saturated heterocycles. The van der Waals surface area contributed by atoms with Crippen molar-refractivity contribution in [2.75, 3.05) is 26.0 Å². The van der Waals surface area contributed by atoms with Gasteiger partial charge in [-0.2, -0.15) is 0 Å². The topological polar surface area (TPSA) is 63.7 Å². The van der Waals surface area contributed by atoms with E-state index in [4.69, 9.17) is 4.74 Å². The standard InChI is InChI=1S/C16H23NO4S/c1-12-7-13(2)10-17(9-12)16(18)11-21-14-5-4-6-15(8-14)22(3,19)20/h4-6,8,12-13H,7,9-11H2,1-3H3/t12-,13-/m1/s1. The summed E-state index contributed by atoms with van der Waals surface area (Å²) in [7, 11) is -3.27. The van der Waals surface area contributed by atoms with Gasteiger partial charge in [0.05, 0.1) is 4.90 Å². The van der Waals surface area contributed by atoms with Crippen LogP contribution in [-0.2, 0) is 14.6 Å². The Hall–Kier alpha value is -1.56. The zero-order chi connectivity index (χ0) is 16.3. The highest BCUT2D eigenvalue weighted by Crippen LogP contribution is 2.21. The number of hydrogen-bond donors (Lipinski definition) is 0. The van der Waals surface area contributed by atoms with Gasteiger partial charge in [0.25, 0.3) is 5.91 Å². The maximum atomic E-state index is 12.2. The Morgan fingerprint density at radius 3 is 2.50 bits per heavy atom. The van der Waals surface area contributed by atoms with E-state index in [1.54, 1.807) is 12.1 Å². The summed E-state index contributed by atoms with van der Waals surface area (Å²) in [6.07, 6.45) is 2.29. The quantitative estimate of drug-likeness (QED) is 0.849. The third-order valence-electron chi connectivity index (χ3n) is 3.82. The molecule has 0 aromatic heterocycles. The molecular weight excluding hydrogens is 302 g/mol. The van der Waals surface area contributed by atoms with Crippen molar-refractivity contribution in [2.45, 2.75) is 25.2 Å². The van der Waals surface area contributed by atoms with E-state index in [0.717, 1.165) is 25.8 Å². The molecule has 1 aliphatic heterocycles. The van der Waals surface area contributed by atoms with Crippen molar-refractivity contribution in [3.8, 4) is 5.75 Å². The molecule has 0 spiro atoms. The summed E-state index contributed by atoms with van der Waals surface area (Å²) in [6, 6.07) is 6.23. The van der Waals surface area contributed by atoms with Crippen molar-refractivity contribution in [2.24, 2.45) is 11.8 Å². The Balaban J connectivity index is 1.97. The third kappa shape index (κ3) is 4.47. The average Bonchev–Trinajstić information content (AvgIpc) is 2.43. The highest BCUT2D eigenvalue weighted by molar-refractivity contribution is 7.90. The van der Waals surface area contributed by atoms with Gasteiger partial charge in [-0.25, -0.2) is 8.42 Å². The Morgan fingerprint density at radius 1 is 1.27 bits per heavy atom. The number of benzene rings is 1. The van der Waals surface area contributed by atoms with E-state index in [1.165, 1.54) is 12.1 Å². The van der Waals surface area contributed by atoms with Gasteiger partial charge in [-0.3, -0.25) is 4.79 Å². The molecule has 0 bridgehead atoms. The van der Waals surface area contributed by atoms with E-state index in [2.05, 4.69) is 13.8 Å². The zero-order valence-corrected chi connectivity index (χ0v) is 14.1. The Bertz CT molecular complexity index is 631. The second-order valence-electron chi connectivity index (χ2n) is 6.28. The lowest BCUT2D eigenvalue weighted by Crippen LogP contribution is -2.44. The van der Waals surface area contributed by atoms with E-state index >= 15 is 0 Å². The van der Waals surface area contributed by atoms with Crippen molar-refractivity contribution >= 4 is 15.7 Å². The minimum Gasteiger partial charge on any atom is -0.484 e. The van der Waals surface area contributed by atoms with Crippen LogP contribution >= 0.6 is 0 Å². The number of carbonyl (C=O) groups excluding carboxylic acids is 1. The number of piperidine rings is 1. The second-order valence-corrected chi connectivity index (χ2v) is 8.30. The van der Waals surface area contributed by atoms with E-state index in [9.17, 15) is 13.2 Å². The molecule has 0 aliphatic carbocycles. The van der Waals surface area contributed by atoms with Gasteiger partial charge in [0.1, 0.15) is 5.75 Å². The molecule has 1 heterocycles. The summed E-state index contributed by atoms with van der Waals surface area (Å²) in [6.45, 7) is 5.75. The van der Waals surface area contributed by atoms with Gasteiger partial charge < -0.3 is 9.64 Å². The van der Waals surface area contributed by atoms with Crippen molar-refractivity contribution in [3.05, 3.63) is 24.3 Å². The van der Waals surface area contributed by atoms with Crippen molar-refractivity contribution in [1.82, 2.24) is 4.90 Å². The summed E-state index contributed by atoms with van der Waals surface area (Å²) in [5.41, 5.74) is 0. The monoisotopic (exact) mass is 325 g/mol. The van der Waals surface area contributed by atoms with Gasteiger partial charge in [-0.05, 0) is 36.5 Å². The van der Waals surface area contributed by atoms with Crippen molar-refractivity contribution in [1.29, 1.82) is 0 Å². The van der Waals surface area contributed by atoms with Crippen LogP contribution in [0.1, 0.15) is 20.3 Å². The maximum absolute atomic E-state index is 12.2. The molecule has 1 amide bonds. The predicted octanol–water partition coefficient (Wildman–Crippen LogP) is 1.97. The molecule has 0 N–H and O–H groups in total. The first-order valence-electron chi connectivity index (χ1n) is 7.46. The summed E-state index contributed by atoms with van der Waals surface area (Å²) in [5.74, 6) is 1.35. The molecule has 2 atom stereocenters. The second kappa shape index (κ2) is 6.69. The number of sulfone groups is 1. The van der Waals surface area contributed by atoms with Crippen LogP contribution in [-0.4, -0.2) is 45.2 Å². The Kier molecular flexibility index (Phi) is 5.11. The number of nitrogens with zero attached hydrogens (tertiary/aromatic N) is 1. The number of rotatable bonds is 4. The molecule has 1 aliphatic rings. The molecule has 1 fully saturated rings. The van der Waals surface area contributed by atoms with Crippen LogP contribution < -0.4 is 4.74 Å². The van der Waals surface area contributed by atoms with E-state index < -0.39 is 9.84 Å². The molecule has 5 nitrogen and oxygen atoms in total. The number of likely N-dealkylation sites (tertiary alicyclic amines) is 1. The number of ether oxygens (including phenoxy) is 1. The highest BCUT2D eigenvalue weighted by Gasteiger charge is 2.25. The van der Waals surface area contributed by atoms with Crippen LogP contribution in [0.25, 0.3) is 0 Å². The van der Waals surface area contributed by atoms with Gasteiger partial charge >= 0.3 is 0 Å². The number of carbonyl (C=O) groups is 1. The fourth-order valence-corrected chi connectivity index (χ4v) is 3.55. The van der Waals surface area contributed by atoms with Gasteiger partial charge in [0.2, 0.25) is 0 Å². The molecule has 1 aromatic rings. The van der Waals surface area contributed by atoms with Crippen LogP contribution in [0.5, 0.6) is 5.75 Å². The number of hydrogen-bond acceptors (Lipinski definition) is 4. The van der Waals surface area contributed by atoms with Crippen LogP contribution in [0.15, 0.2) is 29.2 Å². The molecular formula is C16H23NO4S. The summed E-state index contributed by atoms with van der Waals surface area (Å²) < 4.78 is 28.5. The van der Waals surface area contributed by atoms with Gasteiger partial charge in [-0.1, -0.05) is 19.9 Å². The first kappa shape index (κ1) is 16.8. The molecule has 0 saturated carbocycles. The molecule has 6 heteroatoms. The van der Waals surface area contributed by atoms with Gasteiger partial charge in [-0.15, -0.1) is 0 Å². The Labute approximate surface area is 132 Å². The first-order valence-corrected chi connectivity index (χ1v) is 9.35. The van der Waals surface area contributed by atoms with Gasteiger partial charge in [0.15, 0.2) is 16.4 Å². The lowest BCUT2D eigenvalue weighted by Gasteiger charge is -2.34. The predicted molar refractivity (Wildman–Crippen MR) is 84.6 cm³/mol. The normalized spacial score (nSPS) is 22.4. The van der Waals surface area contributed by atoms with Crippen molar-refractivity contribution in [3.63, 3.8) is 0 Å². The Morgan fingerprint density at radius 2 is 1.91 bits per heavy atom. The largest absolute Gasteiger partial charge is 0.484 e. The van der Waals surface area contributed by atoms with Crippen molar-refractivity contribution < 1.29 is 17.9 Å². The molecule has 0 unspecified atom stereocenters. The first-order chi connectivity index (χ1) is 10.3. The summed E-state index contributed by atoms with van der Waals surface area (Å²) in [4.78, 5) is 14.3. The fourth-order valence-electron chi connectivity index (χ4n) is 2.90. The van der Waals surface area contributed by atoms with Gasteiger partial charge in [0, 0.05) is 19.3 Å². The molecule has 22 heavy (non-hydrogen) atoms. The fraction of sp³-hybridized carbons (Fsp3) is 0.562. The van der Waals surface area contributed by atoms with Crippen LogP contribution in [0.2, 0.25) is 0 Å². The minimum absolute atomic E-state index is 0.0526. The summed E-state index contributed by atoms with van der Waals surface area (Å²) >= 11 is 0. The molecule has 122 valence electrons. The maximum Gasteiger partial charge on any atom is 0.260 e. The van der Waals surface area contributed by atoms with Crippen LogP contribution in [0.3, 0.4) is 0 Å². The van der Waals surface area contributed by atoms with Crippen LogP contribution in [0, 0.1) is 11.8 Å². The minimum atomic E-state index is -3.27. The smallest absolute Gasteiger partial charge is 0.260 e. The molecule has 1 aromatic carbocycles. The SMILES string of the molecule is C[C@@H]1C[C@@H](C)CN(C(=O)COc2cccc(S(C)(=O)=O)c2)C1. The molecule has 2 rings (SSSR count). The highest BCUT2D eigenvalue weighted by atomic mass is 32.2. The van der Waals surface area contributed by atoms with E-state index in [1.807, 2.05) is 4.90 Å². The van der Waals surface area contributed by atoms with Crippen LogP contribution in [0.4, 0.5) is 0 Å². The average molecular weight is 325 g/mol. The zero-order valence-electron chi connectivity index (χ0n) is 13.3.